The molecule has 24 heavy (non-hydrogen) atoms. The number of nitrogens with zero attached hydrogens (tertiary/aromatic N) is 1. The third kappa shape index (κ3) is 2.80. The summed E-state index contributed by atoms with van der Waals surface area (Å²) in [5.74, 6) is -0.953. The lowest BCUT2D eigenvalue weighted by Crippen LogP contribution is -2.20. The maximum absolute atomic E-state index is 12.2. The van der Waals surface area contributed by atoms with Crippen molar-refractivity contribution in [2.24, 2.45) is 0 Å². The summed E-state index contributed by atoms with van der Waals surface area (Å²) < 4.78 is 5.02. The lowest BCUT2D eigenvalue weighted by Gasteiger charge is -2.06. The van der Waals surface area contributed by atoms with E-state index in [0.29, 0.717) is 0 Å². The molecule has 0 atom stereocenters. The third-order valence-electron chi connectivity index (χ3n) is 3.32. The summed E-state index contributed by atoms with van der Waals surface area (Å²) in [6, 6.07) is 10.9. The molecule has 1 amide bonds. The minimum absolute atomic E-state index is 0.126. The van der Waals surface area contributed by atoms with E-state index >= 15 is 0 Å². The van der Waals surface area contributed by atoms with Crippen LogP contribution in [0.25, 0.3) is 11.0 Å². The number of phenols is 1. The number of amides is 1. The van der Waals surface area contributed by atoms with Crippen LogP contribution < -0.4 is 10.9 Å². The maximum atomic E-state index is 12.2. The Labute approximate surface area is 134 Å². The van der Waals surface area contributed by atoms with Gasteiger partial charge in [-0.2, -0.15) is 0 Å². The first-order chi connectivity index (χ1) is 11.5. The molecule has 3 aromatic rings. The van der Waals surface area contributed by atoms with Crippen molar-refractivity contribution in [3.05, 3.63) is 74.6 Å². The van der Waals surface area contributed by atoms with Gasteiger partial charge >= 0.3 is 5.63 Å². The lowest BCUT2D eigenvalue weighted by atomic mass is 10.1. The number of non-ortho nitro benzene ring substituents is 1. The predicted octanol–water partition coefficient (Wildman–Crippen LogP) is 2.66. The topological polar surface area (TPSA) is 123 Å². The van der Waals surface area contributed by atoms with Crippen molar-refractivity contribution in [1.82, 2.24) is 0 Å². The molecule has 0 unspecified atom stereocenters. The molecule has 0 spiro atoms. The Hall–Kier alpha value is -3.68. The second-order valence-electron chi connectivity index (χ2n) is 4.90. The molecule has 0 fully saturated rings. The van der Waals surface area contributed by atoms with Crippen molar-refractivity contribution in [1.29, 1.82) is 0 Å². The Morgan fingerprint density at radius 2 is 1.92 bits per heavy atom. The number of para-hydroxylation sites is 2. The second kappa shape index (κ2) is 5.84. The van der Waals surface area contributed by atoms with Gasteiger partial charge in [0.1, 0.15) is 16.9 Å². The van der Waals surface area contributed by atoms with Crippen molar-refractivity contribution < 1.29 is 19.2 Å². The molecule has 0 aliphatic rings. The van der Waals surface area contributed by atoms with Crippen LogP contribution in [0.2, 0.25) is 0 Å². The van der Waals surface area contributed by atoms with E-state index in [1.807, 2.05) is 0 Å². The van der Waals surface area contributed by atoms with E-state index in [0.717, 1.165) is 0 Å². The van der Waals surface area contributed by atoms with Crippen molar-refractivity contribution in [3.8, 4) is 5.75 Å². The molecule has 120 valence electrons. The number of phenolic OH excluding ortho intramolecular Hbond substituents is 1. The maximum Gasteiger partial charge on any atom is 0.349 e. The molecule has 2 N–H and O–H groups in total. The molecule has 3 rings (SSSR count). The van der Waals surface area contributed by atoms with Crippen LogP contribution in [0.5, 0.6) is 5.75 Å². The normalized spacial score (nSPS) is 10.5. The Kier molecular flexibility index (Phi) is 3.70. The van der Waals surface area contributed by atoms with E-state index in [2.05, 4.69) is 5.32 Å². The number of nitro groups is 1. The molecule has 0 saturated heterocycles. The van der Waals surface area contributed by atoms with Crippen LogP contribution in [0.15, 0.2) is 57.7 Å². The van der Waals surface area contributed by atoms with Gasteiger partial charge in [-0.25, -0.2) is 4.79 Å². The predicted molar refractivity (Wildman–Crippen MR) is 85.2 cm³/mol. The van der Waals surface area contributed by atoms with Gasteiger partial charge in [-0.15, -0.1) is 0 Å². The summed E-state index contributed by atoms with van der Waals surface area (Å²) in [4.78, 5) is 34.4. The van der Waals surface area contributed by atoms with E-state index in [1.54, 1.807) is 12.1 Å². The monoisotopic (exact) mass is 326 g/mol. The van der Waals surface area contributed by atoms with Gasteiger partial charge < -0.3 is 14.8 Å². The van der Waals surface area contributed by atoms with Crippen molar-refractivity contribution in [2.45, 2.75) is 0 Å². The van der Waals surface area contributed by atoms with Crippen molar-refractivity contribution >= 4 is 28.3 Å². The average molecular weight is 326 g/mol. The van der Waals surface area contributed by atoms with Gasteiger partial charge in [0.05, 0.1) is 10.6 Å². The Morgan fingerprint density at radius 3 is 2.62 bits per heavy atom. The largest absolute Gasteiger partial charge is 0.506 e. The van der Waals surface area contributed by atoms with Crippen LogP contribution >= 0.6 is 0 Å². The number of benzene rings is 2. The number of fused-ring (bicyclic) bond motifs is 1. The van der Waals surface area contributed by atoms with Gasteiger partial charge in [-0.3, -0.25) is 14.9 Å². The van der Waals surface area contributed by atoms with Crippen LogP contribution in [0.4, 0.5) is 11.4 Å². The molecule has 1 aromatic heterocycles. The quantitative estimate of drug-likeness (QED) is 0.330. The van der Waals surface area contributed by atoms with Gasteiger partial charge in [0, 0.05) is 17.5 Å². The highest BCUT2D eigenvalue weighted by atomic mass is 16.6. The molecule has 1 heterocycles. The summed E-state index contributed by atoms with van der Waals surface area (Å²) in [6.07, 6.45) is 0. The number of hydrogen-bond donors (Lipinski definition) is 2. The first-order valence-corrected chi connectivity index (χ1v) is 6.77. The summed E-state index contributed by atoms with van der Waals surface area (Å²) in [6.45, 7) is 0. The number of nitrogens with one attached hydrogen (secondary N) is 1. The van der Waals surface area contributed by atoms with Gasteiger partial charge in [0.2, 0.25) is 0 Å². The Bertz CT molecular complexity index is 1020. The molecular formula is C16H10N2O6. The smallest absolute Gasteiger partial charge is 0.349 e. The van der Waals surface area contributed by atoms with Gasteiger partial charge in [0.25, 0.3) is 11.6 Å². The molecular weight excluding hydrogens is 316 g/mol. The zero-order valence-electron chi connectivity index (χ0n) is 12.1. The Morgan fingerprint density at radius 1 is 1.17 bits per heavy atom. The minimum Gasteiger partial charge on any atom is -0.506 e. The molecule has 8 nitrogen and oxygen atoms in total. The molecule has 0 aliphatic heterocycles. The SMILES string of the molecule is O=C(Nc1ccccc1O)c1cc2cc([N+](=O)[O-])ccc2oc1=O. The van der Waals surface area contributed by atoms with Gasteiger partial charge in [-0.1, -0.05) is 12.1 Å². The van der Waals surface area contributed by atoms with Crippen LogP contribution in [0.3, 0.4) is 0 Å². The van der Waals surface area contributed by atoms with Crippen molar-refractivity contribution in [2.75, 3.05) is 5.32 Å². The van der Waals surface area contributed by atoms with Gasteiger partial charge in [0.15, 0.2) is 0 Å². The zero-order chi connectivity index (χ0) is 17.3. The number of rotatable bonds is 3. The summed E-state index contributed by atoms with van der Waals surface area (Å²) >= 11 is 0. The number of aromatic hydroxyl groups is 1. The lowest BCUT2D eigenvalue weighted by molar-refractivity contribution is -0.384. The Balaban J connectivity index is 2.03. The summed E-state index contributed by atoms with van der Waals surface area (Å²) in [5, 5.41) is 23.1. The fourth-order valence-corrected chi connectivity index (χ4v) is 2.15. The molecule has 8 heteroatoms. The summed E-state index contributed by atoms with van der Waals surface area (Å²) in [5.41, 5.74) is -1.15. The average Bonchev–Trinajstić information content (AvgIpc) is 2.55. The molecule has 2 aromatic carbocycles. The second-order valence-corrected chi connectivity index (χ2v) is 4.90. The van der Waals surface area contributed by atoms with Crippen LogP contribution in [0.1, 0.15) is 10.4 Å². The third-order valence-corrected chi connectivity index (χ3v) is 3.32. The molecule has 0 aliphatic carbocycles. The minimum atomic E-state index is -0.885. The molecule has 0 saturated carbocycles. The number of carbonyl (C=O) groups is 1. The van der Waals surface area contributed by atoms with E-state index in [9.17, 15) is 24.8 Å². The highest BCUT2D eigenvalue weighted by Gasteiger charge is 2.16. The first kappa shape index (κ1) is 15.2. The number of carbonyl (C=O) groups excluding carboxylic acids is 1. The highest BCUT2D eigenvalue weighted by Crippen LogP contribution is 2.23. The number of nitro benzene ring substituents is 1. The zero-order valence-corrected chi connectivity index (χ0v) is 12.1. The van der Waals surface area contributed by atoms with Crippen molar-refractivity contribution in [3.63, 3.8) is 0 Å². The standard InChI is InChI=1S/C16H10N2O6/c19-13-4-2-1-3-12(13)17-15(20)11-8-9-7-10(18(22)23)5-6-14(9)24-16(11)21/h1-8,19H,(H,17,20). The fourth-order valence-electron chi connectivity index (χ4n) is 2.15. The number of hydrogen-bond acceptors (Lipinski definition) is 6. The fraction of sp³-hybridized carbons (Fsp3) is 0. The van der Waals surface area contributed by atoms with Crippen LogP contribution in [-0.2, 0) is 0 Å². The van der Waals surface area contributed by atoms with E-state index in [-0.39, 0.29) is 33.7 Å². The first-order valence-electron chi connectivity index (χ1n) is 6.77. The summed E-state index contributed by atoms with van der Waals surface area (Å²) in [7, 11) is 0. The van der Waals surface area contributed by atoms with Gasteiger partial charge in [-0.05, 0) is 24.3 Å². The highest BCUT2D eigenvalue weighted by molar-refractivity contribution is 6.06. The van der Waals surface area contributed by atoms with E-state index in [1.165, 1.54) is 36.4 Å². The van der Waals surface area contributed by atoms with E-state index in [4.69, 9.17) is 4.42 Å². The number of anilines is 1. The van der Waals surface area contributed by atoms with E-state index < -0.39 is 16.5 Å². The van der Waals surface area contributed by atoms with Crippen LogP contribution in [0, 0.1) is 10.1 Å². The molecule has 0 radical (unpaired) electrons. The van der Waals surface area contributed by atoms with Crippen LogP contribution in [-0.4, -0.2) is 15.9 Å². The molecule has 0 bridgehead atoms.